The zero-order valence-corrected chi connectivity index (χ0v) is 49.9. The second-order valence-corrected chi connectivity index (χ2v) is 22.6. The topological polar surface area (TPSA) is 214 Å². The molecule has 0 aliphatic carbocycles. The number of ether oxygens (including phenoxy) is 6. The van der Waals surface area contributed by atoms with Gasteiger partial charge in [0.2, 0.25) is 0 Å². The molecule has 2 saturated heterocycles. The van der Waals surface area contributed by atoms with Crippen molar-refractivity contribution >= 4 is 5.97 Å². The van der Waals surface area contributed by atoms with Gasteiger partial charge in [0.25, 0.3) is 0 Å². The zero-order chi connectivity index (χ0) is 57.2. The Hall–Kier alpha value is -2.05. The predicted octanol–water partition coefficient (Wildman–Crippen LogP) is 12.6. The van der Waals surface area contributed by atoms with Gasteiger partial charge in [-0.05, 0) is 77.0 Å². The Kier molecular flexibility index (Phi) is 47.7. The molecule has 2 fully saturated rings. The summed E-state index contributed by atoms with van der Waals surface area (Å²) in [7, 11) is 0. The summed E-state index contributed by atoms with van der Waals surface area (Å²) in [4.78, 5) is 13.1. The molecule has 2 heterocycles. The minimum atomic E-state index is -1.71. The third kappa shape index (κ3) is 37.7. The maximum absolute atomic E-state index is 13.1. The molecular weight excluding hydrogens is 1000 g/mol. The number of unbranched alkanes of at least 4 members (excludes halogenated alkanes) is 31. The van der Waals surface area contributed by atoms with Crippen LogP contribution in [-0.2, 0) is 33.2 Å². The van der Waals surface area contributed by atoms with E-state index in [9.17, 15) is 40.5 Å². The van der Waals surface area contributed by atoms with Crippen molar-refractivity contribution < 1.29 is 69.0 Å². The molecule has 2 aliphatic heterocycles. The Morgan fingerprint density at radius 2 is 0.785 bits per heavy atom. The van der Waals surface area contributed by atoms with Crippen LogP contribution in [0.4, 0.5) is 0 Å². The van der Waals surface area contributed by atoms with Gasteiger partial charge in [-0.2, -0.15) is 0 Å². The van der Waals surface area contributed by atoms with Crippen LogP contribution in [-0.4, -0.2) is 142 Å². The van der Waals surface area contributed by atoms with Crippen LogP contribution < -0.4 is 0 Å². The Morgan fingerprint density at radius 3 is 1.24 bits per heavy atom. The van der Waals surface area contributed by atoms with E-state index >= 15 is 0 Å². The first-order valence-corrected chi connectivity index (χ1v) is 32.2. The number of esters is 1. The Labute approximate surface area is 480 Å². The van der Waals surface area contributed by atoms with Crippen LogP contribution in [0.1, 0.15) is 258 Å². The summed E-state index contributed by atoms with van der Waals surface area (Å²) in [6, 6.07) is 0. The molecule has 2 rings (SSSR count). The fraction of sp³-hybridized carbons (Fsp3) is 0.862. The monoisotopic (exact) mass is 1120 g/mol. The van der Waals surface area contributed by atoms with Crippen LogP contribution in [0, 0.1) is 0 Å². The van der Waals surface area contributed by atoms with Crippen molar-refractivity contribution in [3.8, 4) is 0 Å². The van der Waals surface area contributed by atoms with Crippen LogP contribution >= 0.6 is 0 Å². The van der Waals surface area contributed by atoms with Crippen molar-refractivity contribution in [1.29, 1.82) is 0 Å². The van der Waals surface area contributed by atoms with Crippen LogP contribution in [0.5, 0.6) is 0 Å². The van der Waals surface area contributed by atoms with E-state index in [0.717, 1.165) is 57.8 Å². The molecule has 79 heavy (non-hydrogen) atoms. The Balaban J connectivity index is 1.66. The minimum absolute atomic E-state index is 0.0605. The van der Waals surface area contributed by atoms with Gasteiger partial charge in [-0.15, -0.1) is 0 Å². The Bertz CT molecular complexity index is 1490. The maximum atomic E-state index is 13.1. The van der Waals surface area contributed by atoms with Gasteiger partial charge in [0, 0.05) is 13.0 Å². The fourth-order valence-electron chi connectivity index (χ4n) is 10.1. The molecule has 0 saturated carbocycles. The largest absolute Gasteiger partial charge is 0.457 e. The number of hydrogen-bond donors (Lipinski definition) is 7. The van der Waals surface area contributed by atoms with Gasteiger partial charge in [-0.3, -0.25) is 4.79 Å². The Morgan fingerprint density at radius 1 is 0.418 bits per heavy atom. The molecule has 14 nitrogen and oxygen atoms in total. The fourth-order valence-corrected chi connectivity index (χ4v) is 10.1. The molecule has 2 aliphatic rings. The van der Waals surface area contributed by atoms with Crippen molar-refractivity contribution in [1.82, 2.24) is 0 Å². The lowest BCUT2D eigenvalue weighted by Crippen LogP contribution is -2.61. The summed E-state index contributed by atoms with van der Waals surface area (Å²) in [5.74, 6) is -0.378. The van der Waals surface area contributed by atoms with E-state index in [1.807, 2.05) is 0 Å². The molecule has 462 valence electrons. The molecule has 0 aromatic heterocycles. The second kappa shape index (κ2) is 51.6. The molecule has 0 amide bonds. The summed E-state index contributed by atoms with van der Waals surface area (Å²) in [6.45, 7) is 3.69. The SMILES string of the molecule is CCCCC/C=C\C/C=C\CCCCCCCCCCCC(=O)OC(COCCCCCCCCCCCCCCCC/C=C\C/C=C\CCCCCCC)COC1OC(COC2OC(CO)C(O)C(O)C2O)C(O)C(O)C1O. The van der Waals surface area contributed by atoms with Crippen molar-refractivity contribution in [3.05, 3.63) is 48.6 Å². The lowest BCUT2D eigenvalue weighted by atomic mass is 9.98. The molecule has 0 aromatic rings. The summed E-state index contributed by atoms with van der Waals surface area (Å²) in [5.41, 5.74) is 0. The van der Waals surface area contributed by atoms with E-state index in [1.54, 1.807) is 0 Å². The van der Waals surface area contributed by atoms with E-state index < -0.39 is 80.7 Å². The standard InChI is InChI=1S/C65H118O14/c1-3-5-7-9-11-13-15-17-19-21-23-24-25-26-27-28-29-31-33-35-37-39-41-43-45-47-49-74-51-54(77-57(67)48-46-44-42-40-38-36-34-32-30-22-20-18-16-14-12-10-8-6-4-2)52-75-64-63(73)61(71)59(69)56(79-64)53-76-65-62(72)60(70)58(68)55(50-66)78-65/h12,14-15,17-18,20-21,23,54-56,58-66,68-73H,3-11,13,16,19,22,24-53H2,1-2H3/b14-12-,17-15-,20-18-,23-21-. The molecule has 11 atom stereocenters. The molecular formula is C65H118O14. The average Bonchev–Trinajstić information content (AvgIpc) is 3.46. The molecule has 0 bridgehead atoms. The van der Waals surface area contributed by atoms with Crippen molar-refractivity contribution in [3.63, 3.8) is 0 Å². The minimum Gasteiger partial charge on any atom is -0.457 e. The summed E-state index contributed by atoms with van der Waals surface area (Å²) < 4.78 is 34.5. The number of carbonyl (C=O) groups is 1. The third-order valence-electron chi connectivity index (χ3n) is 15.3. The summed E-state index contributed by atoms with van der Waals surface area (Å²) in [5, 5.41) is 72.5. The highest BCUT2D eigenvalue weighted by atomic mass is 16.7. The molecule has 0 aromatic carbocycles. The van der Waals surface area contributed by atoms with Gasteiger partial charge in [-0.1, -0.05) is 223 Å². The predicted molar refractivity (Wildman–Crippen MR) is 316 cm³/mol. The highest BCUT2D eigenvalue weighted by molar-refractivity contribution is 5.69. The number of aliphatic hydroxyl groups excluding tert-OH is 7. The van der Waals surface area contributed by atoms with Gasteiger partial charge in [0.05, 0.1) is 26.4 Å². The molecule has 7 N–H and O–H groups in total. The van der Waals surface area contributed by atoms with Crippen molar-refractivity contribution in [2.24, 2.45) is 0 Å². The smallest absolute Gasteiger partial charge is 0.306 e. The van der Waals surface area contributed by atoms with Crippen LogP contribution in [0.15, 0.2) is 48.6 Å². The number of allylic oxidation sites excluding steroid dienone is 8. The van der Waals surface area contributed by atoms with Crippen LogP contribution in [0.25, 0.3) is 0 Å². The highest BCUT2D eigenvalue weighted by Crippen LogP contribution is 2.27. The zero-order valence-electron chi connectivity index (χ0n) is 49.9. The second-order valence-electron chi connectivity index (χ2n) is 22.6. The number of hydrogen-bond acceptors (Lipinski definition) is 14. The van der Waals surface area contributed by atoms with Gasteiger partial charge in [0.1, 0.15) is 54.9 Å². The molecule has 0 spiro atoms. The van der Waals surface area contributed by atoms with Gasteiger partial charge < -0.3 is 64.2 Å². The van der Waals surface area contributed by atoms with E-state index in [1.165, 1.54) is 173 Å². The maximum Gasteiger partial charge on any atom is 0.306 e. The first-order valence-electron chi connectivity index (χ1n) is 32.2. The van der Waals surface area contributed by atoms with Crippen LogP contribution in [0.2, 0.25) is 0 Å². The average molecular weight is 1120 g/mol. The summed E-state index contributed by atoms with van der Waals surface area (Å²) >= 11 is 0. The van der Waals surface area contributed by atoms with Crippen LogP contribution in [0.3, 0.4) is 0 Å². The number of aliphatic hydroxyl groups is 7. The van der Waals surface area contributed by atoms with E-state index in [-0.39, 0.29) is 25.6 Å². The van der Waals surface area contributed by atoms with E-state index in [0.29, 0.717) is 13.0 Å². The quantitative estimate of drug-likeness (QED) is 0.0172. The highest BCUT2D eigenvalue weighted by Gasteiger charge is 2.47. The van der Waals surface area contributed by atoms with Crippen molar-refractivity contribution in [2.75, 3.05) is 33.0 Å². The number of carbonyl (C=O) groups excluding carboxylic acids is 1. The van der Waals surface area contributed by atoms with E-state index in [2.05, 4.69) is 62.5 Å². The normalized spacial score (nSPS) is 24.3. The third-order valence-corrected chi connectivity index (χ3v) is 15.3. The molecule has 14 heteroatoms. The van der Waals surface area contributed by atoms with Crippen molar-refractivity contribution in [2.45, 2.75) is 325 Å². The summed E-state index contributed by atoms with van der Waals surface area (Å²) in [6.07, 6.45) is 47.4. The molecule has 11 unspecified atom stereocenters. The van der Waals surface area contributed by atoms with Gasteiger partial charge in [-0.25, -0.2) is 0 Å². The lowest BCUT2D eigenvalue weighted by Gasteiger charge is -2.42. The van der Waals surface area contributed by atoms with Gasteiger partial charge in [0.15, 0.2) is 12.6 Å². The van der Waals surface area contributed by atoms with E-state index in [4.69, 9.17) is 28.4 Å². The lowest BCUT2D eigenvalue weighted by molar-refractivity contribution is -0.332. The number of rotatable bonds is 53. The van der Waals surface area contributed by atoms with Gasteiger partial charge >= 0.3 is 5.97 Å². The first kappa shape index (κ1) is 73.1. The molecule has 0 radical (unpaired) electrons. The first-order chi connectivity index (χ1) is 38.6.